The average Bonchev–Trinajstić information content (AvgIpc) is 2.37. The lowest BCUT2D eigenvalue weighted by Gasteiger charge is -2.12. The zero-order valence-electron chi connectivity index (χ0n) is 10.4. The van der Waals surface area contributed by atoms with Crippen molar-refractivity contribution in [2.75, 3.05) is 5.32 Å². The summed E-state index contributed by atoms with van der Waals surface area (Å²) in [6.45, 7) is 0. The highest BCUT2D eigenvalue weighted by Crippen LogP contribution is 2.27. The smallest absolute Gasteiger partial charge is 0.478 e. The summed E-state index contributed by atoms with van der Waals surface area (Å²) in [5, 5.41) is 11.7. The molecule has 0 atom stereocenters. The van der Waals surface area contributed by atoms with E-state index in [0.29, 0.717) is 0 Å². The molecule has 0 radical (unpaired) electrons. The van der Waals surface area contributed by atoms with Gasteiger partial charge in [-0.3, -0.25) is 4.98 Å². The van der Waals surface area contributed by atoms with Crippen LogP contribution < -0.4 is 10.1 Å². The third kappa shape index (κ3) is 4.10. The van der Waals surface area contributed by atoms with E-state index < -0.39 is 18.1 Å². The zero-order valence-corrected chi connectivity index (χ0v) is 10.4. The number of benzene rings is 1. The number of anilines is 2. The Hall–Kier alpha value is -2.77. The Bertz CT molecular complexity index is 659. The highest BCUT2D eigenvalue weighted by atomic mass is 19.4. The minimum absolute atomic E-state index is 0.0489. The molecule has 2 rings (SSSR count). The van der Waals surface area contributed by atoms with Crippen LogP contribution in [0, 0.1) is 0 Å². The van der Waals surface area contributed by atoms with Crippen molar-refractivity contribution in [3.8, 4) is 5.75 Å². The van der Waals surface area contributed by atoms with Crippen LogP contribution in [0.3, 0.4) is 0 Å². The molecule has 0 aliphatic heterocycles. The molecule has 0 unspecified atom stereocenters. The summed E-state index contributed by atoms with van der Waals surface area (Å²) in [4.78, 5) is 14.8. The predicted molar refractivity (Wildman–Crippen MR) is 67.6 cm³/mol. The zero-order chi connectivity index (χ0) is 15.5. The quantitative estimate of drug-likeness (QED) is 0.905. The summed E-state index contributed by atoms with van der Waals surface area (Å²) in [6, 6.07) is 6.34. The summed E-state index contributed by atoms with van der Waals surface area (Å²) in [6.07, 6.45) is -2.22. The van der Waals surface area contributed by atoms with Crippen molar-refractivity contribution < 1.29 is 27.8 Å². The maximum atomic E-state index is 12.1. The fourth-order valence-electron chi connectivity index (χ4n) is 1.61. The van der Waals surface area contributed by atoms with Crippen LogP contribution in [0.25, 0.3) is 0 Å². The van der Waals surface area contributed by atoms with E-state index in [1.54, 1.807) is 0 Å². The van der Waals surface area contributed by atoms with Crippen LogP contribution in [-0.2, 0) is 0 Å². The van der Waals surface area contributed by atoms with E-state index in [4.69, 9.17) is 5.11 Å². The summed E-state index contributed by atoms with van der Waals surface area (Å²) < 4.78 is 40.2. The summed E-state index contributed by atoms with van der Waals surface area (Å²) in [5.41, 5.74) is 0.355. The predicted octanol–water partition coefficient (Wildman–Crippen LogP) is 3.42. The molecule has 0 bridgehead atoms. The van der Waals surface area contributed by atoms with E-state index in [1.807, 2.05) is 0 Å². The van der Waals surface area contributed by atoms with Gasteiger partial charge in [0.05, 0.1) is 17.4 Å². The standard InChI is InChI=1S/C13H9F3N2O3/c14-13(15,16)21-9-3-1-2-8(6-9)18-11-7-17-5-4-10(11)12(19)20/h1-7,18H,(H,19,20). The van der Waals surface area contributed by atoms with Gasteiger partial charge >= 0.3 is 12.3 Å². The number of hydrogen-bond donors (Lipinski definition) is 2. The number of alkyl halides is 3. The number of carboxylic acids is 1. The Morgan fingerprint density at radius 2 is 2.05 bits per heavy atom. The van der Waals surface area contributed by atoms with Gasteiger partial charge in [0.2, 0.25) is 0 Å². The Labute approximate surface area is 117 Å². The maximum absolute atomic E-state index is 12.1. The van der Waals surface area contributed by atoms with Crippen molar-refractivity contribution in [2.45, 2.75) is 6.36 Å². The number of aromatic carboxylic acids is 1. The van der Waals surface area contributed by atoms with Gasteiger partial charge in [-0.25, -0.2) is 4.79 Å². The summed E-state index contributed by atoms with van der Waals surface area (Å²) in [5.74, 6) is -1.59. The maximum Gasteiger partial charge on any atom is 0.573 e. The Balaban J connectivity index is 2.25. The van der Waals surface area contributed by atoms with Gasteiger partial charge in [-0.15, -0.1) is 13.2 Å². The Morgan fingerprint density at radius 3 is 2.71 bits per heavy atom. The van der Waals surface area contributed by atoms with Gasteiger partial charge < -0.3 is 15.2 Å². The Morgan fingerprint density at radius 1 is 1.29 bits per heavy atom. The van der Waals surface area contributed by atoms with Crippen LogP contribution in [0.2, 0.25) is 0 Å². The van der Waals surface area contributed by atoms with Gasteiger partial charge in [-0.1, -0.05) is 6.07 Å². The van der Waals surface area contributed by atoms with E-state index in [-0.39, 0.29) is 16.9 Å². The number of nitrogens with zero attached hydrogens (tertiary/aromatic N) is 1. The topological polar surface area (TPSA) is 71.5 Å². The van der Waals surface area contributed by atoms with Gasteiger partial charge in [-0.05, 0) is 18.2 Å². The minimum Gasteiger partial charge on any atom is -0.478 e. The van der Waals surface area contributed by atoms with E-state index in [1.165, 1.54) is 30.6 Å². The molecule has 1 aromatic heterocycles. The van der Waals surface area contributed by atoms with E-state index >= 15 is 0 Å². The van der Waals surface area contributed by atoms with Crippen molar-refractivity contribution in [2.24, 2.45) is 0 Å². The van der Waals surface area contributed by atoms with Gasteiger partial charge in [0, 0.05) is 18.0 Å². The van der Waals surface area contributed by atoms with E-state index in [9.17, 15) is 18.0 Å². The van der Waals surface area contributed by atoms with Crippen LogP contribution in [0.5, 0.6) is 5.75 Å². The second kappa shape index (κ2) is 5.70. The van der Waals surface area contributed by atoms with E-state index in [0.717, 1.165) is 12.1 Å². The number of pyridine rings is 1. The van der Waals surface area contributed by atoms with Gasteiger partial charge in [-0.2, -0.15) is 0 Å². The molecule has 0 spiro atoms. The lowest BCUT2D eigenvalue weighted by Crippen LogP contribution is -2.17. The van der Waals surface area contributed by atoms with Gasteiger partial charge in [0.1, 0.15) is 5.75 Å². The van der Waals surface area contributed by atoms with Crippen molar-refractivity contribution >= 4 is 17.3 Å². The first kappa shape index (κ1) is 14.6. The molecule has 8 heteroatoms. The highest BCUT2D eigenvalue weighted by Gasteiger charge is 2.31. The molecule has 5 nitrogen and oxygen atoms in total. The lowest BCUT2D eigenvalue weighted by molar-refractivity contribution is -0.274. The molecule has 0 amide bonds. The Kier molecular flexibility index (Phi) is 3.97. The normalized spacial score (nSPS) is 11.0. The molecule has 0 fully saturated rings. The van der Waals surface area contributed by atoms with Crippen molar-refractivity contribution in [3.05, 3.63) is 48.3 Å². The number of nitrogens with one attached hydrogen (secondary N) is 1. The number of carboxylic acid groups (broad SMARTS) is 1. The summed E-state index contributed by atoms with van der Waals surface area (Å²) in [7, 11) is 0. The van der Waals surface area contributed by atoms with Crippen LogP contribution in [0.4, 0.5) is 24.5 Å². The third-order valence-corrected chi connectivity index (χ3v) is 2.40. The lowest BCUT2D eigenvalue weighted by atomic mass is 10.2. The molecule has 1 aromatic carbocycles. The van der Waals surface area contributed by atoms with Gasteiger partial charge in [0.25, 0.3) is 0 Å². The van der Waals surface area contributed by atoms with Crippen molar-refractivity contribution in [1.29, 1.82) is 0 Å². The average molecular weight is 298 g/mol. The first-order chi connectivity index (χ1) is 9.85. The molecule has 0 saturated carbocycles. The van der Waals surface area contributed by atoms with Crippen LogP contribution >= 0.6 is 0 Å². The monoisotopic (exact) mass is 298 g/mol. The second-order valence-electron chi connectivity index (χ2n) is 3.93. The largest absolute Gasteiger partial charge is 0.573 e. The number of hydrogen-bond acceptors (Lipinski definition) is 4. The number of carbonyl (C=O) groups is 1. The molecule has 110 valence electrons. The van der Waals surface area contributed by atoms with Gasteiger partial charge in [0.15, 0.2) is 0 Å². The molecule has 2 N–H and O–H groups in total. The molecular weight excluding hydrogens is 289 g/mol. The molecule has 0 aliphatic carbocycles. The SMILES string of the molecule is O=C(O)c1ccncc1Nc1cccc(OC(F)(F)F)c1. The van der Waals surface area contributed by atoms with Crippen LogP contribution in [0.1, 0.15) is 10.4 Å². The fraction of sp³-hybridized carbons (Fsp3) is 0.0769. The van der Waals surface area contributed by atoms with Crippen molar-refractivity contribution in [1.82, 2.24) is 4.98 Å². The van der Waals surface area contributed by atoms with E-state index in [2.05, 4.69) is 15.0 Å². The molecule has 0 saturated heterocycles. The molecule has 21 heavy (non-hydrogen) atoms. The first-order valence-electron chi connectivity index (χ1n) is 5.65. The third-order valence-electron chi connectivity index (χ3n) is 2.40. The van der Waals surface area contributed by atoms with Crippen LogP contribution in [-0.4, -0.2) is 22.4 Å². The second-order valence-corrected chi connectivity index (χ2v) is 3.93. The number of rotatable bonds is 4. The molecule has 0 aliphatic rings. The minimum atomic E-state index is -4.79. The number of ether oxygens (including phenoxy) is 1. The fourth-order valence-corrected chi connectivity index (χ4v) is 1.61. The number of aromatic nitrogens is 1. The molecule has 2 aromatic rings. The van der Waals surface area contributed by atoms with Crippen molar-refractivity contribution in [3.63, 3.8) is 0 Å². The first-order valence-corrected chi connectivity index (χ1v) is 5.65. The summed E-state index contributed by atoms with van der Waals surface area (Å²) >= 11 is 0. The number of halogens is 3. The molecular formula is C13H9F3N2O3. The molecule has 1 heterocycles. The highest BCUT2D eigenvalue weighted by molar-refractivity contribution is 5.94. The van der Waals surface area contributed by atoms with Crippen LogP contribution in [0.15, 0.2) is 42.7 Å².